The fourth-order valence-electron chi connectivity index (χ4n) is 0. The Labute approximate surface area is 55.8 Å². The maximum absolute atomic E-state index is 3.56. The van der Waals surface area contributed by atoms with Gasteiger partial charge in [-0.1, -0.05) is 0 Å². The van der Waals surface area contributed by atoms with Gasteiger partial charge in [-0.2, -0.15) is 0 Å². The van der Waals surface area contributed by atoms with E-state index in [4.69, 9.17) is 0 Å². The molecular formula is C5H8Mg. The topological polar surface area (TPSA) is 0 Å². The molecular weight excluding hydrogens is 84.4 g/mol. The van der Waals surface area contributed by atoms with Gasteiger partial charge in [-0.15, -0.1) is 6.92 Å². The summed E-state index contributed by atoms with van der Waals surface area (Å²) in [5.41, 5.74) is 1.02. The Kier molecular flexibility index (Phi) is 8.34. The average molecular weight is 92.4 g/mol. The van der Waals surface area contributed by atoms with Crippen molar-refractivity contribution >= 4 is 23.1 Å². The molecule has 0 aliphatic rings. The maximum Gasteiger partial charge on any atom is 2.00 e. The number of rotatable bonds is 0. The first-order valence-electron chi connectivity index (χ1n) is 1.55. The van der Waals surface area contributed by atoms with Crippen molar-refractivity contribution < 1.29 is 0 Å². The summed E-state index contributed by atoms with van der Waals surface area (Å²) in [7, 11) is 0. The van der Waals surface area contributed by atoms with Gasteiger partial charge in [0.25, 0.3) is 0 Å². The van der Waals surface area contributed by atoms with Crippen molar-refractivity contribution in [1.82, 2.24) is 0 Å². The Morgan fingerprint density at radius 2 is 1.83 bits per heavy atom. The zero-order valence-corrected chi connectivity index (χ0v) is 5.61. The second-order valence-electron chi connectivity index (χ2n) is 1.05. The summed E-state index contributed by atoms with van der Waals surface area (Å²) in [5, 5.41) is 0. The molecule has 0 unspecified atom stereocenters. The van der Waals surface area contributed by atoms with Crippen LogP contribution < -0.4 is 0 Å². The summed E-state index contributed by atoms with van der Waals surface area (Å²) in [5.74, 6) is 0. The second kappa shape index (κ2) is 5.25. The van der Waals surface area contributed by atoms with Crippen LogP contribution in [0, 0.1) is 13.8 Å². The quantitative estimate of drug-likeness (QED) is 0.311. The number of allylic oxidation sites excluding steroid dienone is 2. The van der Waals surface area contributed by atoms with Crippen molar-refractivity contribution in [2.75, 3.05) is 0 Å². The van der Waals surface area contributed by atoms with Crippen molar-refractivity contribution in [1.29, 1.82) is 0 Å². The third kappa shape index (κ3) is 8.87. The Bertz CT molecular complexity index is 41.9. The molecule has 0 nitrogen and oxygen atoms in total. The molecule has 6 heavy (non-hydrogen) atoms. The van der Waals surface area contributed by atoms with E-state index < -0.39 is 0 Å². The van der Waals surface area contributed by atoms with Crippen LogP contribution in [0.5, 0.6) is 0 Å². The van der Waals surface area contributed by atoms with E-state index in [1.807, 2.05) is 6.92 Å². The third-order valence-electron chi connectivity index (χ3n) is 0.348. The molecule has 0 N–H and O–H groups in total. The summed E-state index contributed by atoms with van der Waals surface area (Å²) < 4.78 is 0. The van der Waals surface area contributed by atoms with E-state index in [1.54, 1.807) is 6.08 Å². The van der Waals surface area contributed by atoms with Crippen molar-refractivity contribution in [3.05, 3.63) is 25.5 Å². The van der Waals surface area contributed by atoms with Gasteiger partial charge in [0.2, 0.25) is 0 Å². The van der Waals surface area contributed by atoms with Crippen LogP contribution in [0.3, 0.4) is 0 Å². The smallest absolute Gasteiger partial charge is 0.379 e. The second-order valence-corrected chi connectivity index (χ2v) is 1.05. The molecule has 0 aromatic carbocycles. The normalized spacial score (nSPS) is 9.83. The molecule has 0 spiro atoms. The molecule has 0 saturated carbocycles. The summed E-state index contributed by atoms with van der Waals surface area (Å²) in [6, 6.07) is 0. The van der Waals surface area contributed by atoms with Crippen LogP contribution in [0.15, 0.2) is 11.6 Å². The molecule has 0 fully saturated rings. The van der Waals surface area contributed by atoms with Crippen LogP contribution in [-0.2, 0) is 0 Å². The molecule has 0 aromatic heterocycles. The molecule has 0 aliphatic carbocycles. The first-order chi connectivity index (χ1) is 2.27. The number of hydrogen-bond acceptors (Lipinski definition) is 0. The fourth-order valence-corrected chi connectivity index (χ4v) is 0. The van der Waals surface area contributed by atoms with Gasteiger partial charge in [0, 0.05) is 0 Å². The molecule has 0 atom stereocenters. The van der Waals surface area contributed by atoms with Crippen LogP contribution in [0.25, 0.3) is 0 Å². The largest absolute Gasteiger partial charge is 2.00 e. The van der Waals surface area contributed by atoms with Gasteiger partial charge in [0.1, 0.15) is 0 Å². The standard InChI is InChI=1S/C5H8.Mg/c1-4-5(2)3;/h4H,1-2H2,3H3;/q-2;+2. The van der Waals surface area contributed by atoms with Crippen molar-refractivity contribution in [3.63, 3.8) is 0 Å². The van der Waals surface area contributed by atoms with Gasteiger partial charge >= 0.3 is 23.1 Å². The van der Waals surface area contributed by atoms with Crippen LogP contribution in [0.2, 0.25) is 0 Å². The van der Waals surface area contributed by atoms with Crippen LogP contribution in [0.4, 0.5) is 0 Å². The molecule has 0 radical (unpaired) electrons. The van der Waals surface area contributed by atoms with Gasteiger partial charge in [-0.3, -0.25) is 0 Å². The first kappa shape index (κ1) is 9.53. The molecule has 0 aromatic rings. The van der Waals surface area contributed by atoms with Crippen molar-refractivity contribution in [2.45, 2.75) is 6.92 Å². The van der Waals surface area contributed by atoms with Crippen molar-refractivity contribution in [3.8, 4) is 0 Å². The minimum Gasteiger partial charge on any atom is -0.379 e. The van der Waals surface area contributed by atoms with E-state index in [2.05, 4.69) is 13.8 Å². The fraction of sp³-hybridized carbons (Fsp3) is 0.200. The summed E-state index contributed by atoms with van der Waals surface area (Å²) >= 11 is 0. The van der Waals surface area contributed by atoms with Gasteiger partial charge < -0.3 is 25.5 Å². The summed E-state index contributed by atoms with van der Waals surface area (Å²) in [6.45, 7) is 8.93. The van der Waals surface area contributed by atoms with Crippen molar-refractivity contribution in [2.24, 2.45) is 0 Å². The molecule has 1 heteroatoms. The Balaban J connectivity index is 0. The van der Waals surface area contributed by atoms with Gasteiger partial charge in [0.05, 0.1) is 0 Å². The molecule has 0 aliphatic heterocycles. The molecule has 30 valence electrons. The van der Waals surface area contributed by atoms with E-state index in [0.717, 1.165) is 5.57 Å². The van der Waals surface area contributed by atoms with Gasteiger partial charge in [0.15, 0.2) is 0 Å². The Morgan fingerprint density at radius 1 is 1.67 bits per heavy atom. The van der Waals surface area contributed by atoms with Crippen LogP contribution in [-0.4, -0.2) is 23.1 Å². The molecule has 0 amide bonds. The Hall–Kier alpha value is 0.246. The van der Waals surface area contributed by atoms with Crippen LogP contribution in [0.1, 0.15) is 6.92 Å². The van der Waals surface area contributed by atoms with Gasteiger partial charge in [-0.05, 0) is 0 Å². The van der Waals surface area contributed by atoms with E-state index >= 15 is 0 Å². The van der Waals surface area contributed by atoms with E-state index in [1.165, 1.54) is 0 Å². The third-order valence-corrected chi connectivity index (χ3v) is 0.348. The maximum atomic E-state index is 3.56. The molecule has 0 heterocycles. The van der Waals surface area contributed by atoms with Crippen LogP contribution >= 0.6 is 0 Å². The number of hydrogen-bond donors (Lipinski definition) is 0. The monoisotopic (exact) mass is 92.0 g/mol. The summed E-state index contributed by atoms with van der Waals surface area (Å²) in [6.07, 6.45) is 1.72. The predicted molar refractivity (Wildman–Crippen MR) is 30.2 cm³/mol. The minimum absolute atomic E-state index is 0. The van der Waals surface area contributed by atoms with E-state index in [9.17, 15) is 0 Å². The van der Waals surface area contributed by atoms with E-state index in [0.29, 0.717) is 0 Å². The molecule has 0 saturated heterocycles. The minimum atomic E-state index is 0. The average Bonchev–Trinajstić information content (AvgIpc) is 1.38. The summed E-state index contributed by atoms with van der Waals surface area (Å²) in [4.78, 5) is 0. The first-order valence-corrected chi connectivity index (χ1v) is 1.55. The molecule has 0 bridgehead atoms. The molecule has 0 rings (SSSR count). The predicted octanol–water partition coefficient (Wildman–Crippen LogP) is 1.22. The SMILES string of the molecule is [CH2-]C=C([CH2-])C.[Mg+2]. The zero-order valence-electron chi connectivity index (χ0n) is 4.20. The van der Waals surface area contributed by atoms with Gasteiger partial charge in [-0.25, -0.2) is 0 Å². The zero-order chi connectivity index (χ0) is 4.28. The Morgan fingerprint density at radius 3 is 1.83 bits per heavy atom. The van der Waals surface area contributed by atoms with E-state index in [-0.39, 0.29) is 23.1 Å².